The van der Waals surface area contributed by atoms with E-state index in [9.17, 15) is 4.79 Å². The van der Waals surface area contributed by atoms with E-state index in [1.165, 1.54) is 5.56 Å². The lowest BCUT2D eigenvalue weighted by Gasteiger charge is -2.32. The van der Waals surface area contributed by atoms with E-state index in [0.29, 0.717) is 22.9 Å². The molecule has 1 aromatic heterocycles. The van der Waals surface area contributed by atoms with Crippen LogP contribution < -0.4 is 0 Å². The number of hydrogen-bond acceptors (Lipinski definition) is 5. The van der Waals surface area contributed by atoms with Crippen LogP contribution in [0.1, 0.15) is 63.6 Å². The Morgan fingerprint density at radius 1 is 1.21 bits per heavy atom. The van der Waals surface area contributed by atoms with Crippen LogP contribution in [0.15, 0.2) is 41.4 Å². The van der Waals surface area contributed by atoms with Crippen LogP contribution in [0.25, 0.3) is 11.4 Å². The van der Waals surface area contributed by atoms with Crippen LogP contribution in [0, 0.1) is 25.2 Å². The zero-order chi connectivity index (χ0) is 24.1. The molecule has 1 fully saturated rings. The summed E-state index contributed by atoms with van der Waals surface area (Å²) in [6.07, 6.45) is 5.25. The summed E-state index contributed by atoms with van der Waals surface area (Å²) in [7, 11) is 1.76. The molecule has 1 saturated heterocycles. The van der Waals surface area contributed by atoms with Crippen LogP contribution in [-0.2, 0) is 6.42 Å². The molecule has 2 heterocycles. The van der Waals surface area contributed by atoms with E-state index in [0.717, 1.165) is 61.3 Å². The second-order valence-corrected chi connectivity index (χ2v) is 8.87. The van der Waals surface area contributed by atoms with Crippen molar-refractivity contribution in [1.82, 2.24) is 20.1 Å². The maximum atomic E-state index is 13.4. The highest BCUT2D eigenvalue weighted by Gasteiger charge is 2.26. The van der Waals surface area contributed by atoms with Crippen LogP contribution in [0.3, 0.4) is 0 Å². The number of hydrogen-bond donors (Lipinski definition) is 1. The fraction of sp³-hybridized carbons (Fsp3) is 0.370. The molecule has 0 saturated carbocycles. The molecule has 7 heteroatoms. The third kappa shape index (κ3) is 5.07. The Hall–Kier alpha value is -3.79. The van der Waals surface area contributed by atoms with Gasteiger partial charge in [0.1, 0.15) is 5.82 Å². The number of nitrogens with one attached hydrogen (secondary N) is 1. The smallest absolute Gasteiger partial charge is 0.254 e. The van der Waals surface area contributed by atoms with Gasteiger partial charge >= 0.3 is 0 Å². The lowest BCUT2D eigenvalue weighted by Crippen LogP contribution is -2.38. The molecule has 0 aliphatic carbocycles. The SMILES string of the molecule is CN=CCCc1nc(-c2cc(C(=O)N3CCC(c4ccc(C#N)cc4)CC3)c(C)cc2C)n[nH]1. The summed E-state index contributed by atoms with van der Waals surface area (Å²) >= 11 is 0. The van der Waals surface area contributed by atoms with E-state index in [4.69, 9.17) is 5.26 Å². The maximum Gasteiger partial charge on any atom is 0.254 e. The summed E-state index contributed by atoms with van der Waals surface area (Å²) in [5.41, 5.74) is 5.53. The lowest BCUT2D eigenvalue weighted by atomic mass is 9.88. The van der Waals surface area contributed by atoms with Crippen molar-refractivity contribution in [3.8, 4) is 17.5 Å². The molecule has 1 amide bonds. The van der Waals surface area contributed by atoms with Gasteiger partial charge in [0.25, 0.3) is 5.91 Å². The zero-order valence-electron chi connectivity index (χ0n) is 20.0. The maximum absolute atomic E-state index is 13.4. The second-order valence-electron chi connectivity index (χ2n) is 8.87. The molecule has 1 aliphatic rings. The van der Waals surface area contributed by atoms with Gasteiger partial charge in [-0.2, -0.15) is 10.4 Å². The van der Waals surface area contributed by atoms with Gasteiger partial charge in [0, 0.05) is 37.7 Å². The Morgan fingerprint density at radius 3 is 2.62 bits per heavy atom. The van der Waals surface area contributed by atoms with Crippen molar-refractivity contribution in [1.29, 1.82) is 5.26 Å². The molecular formula is C27H30N6O. The molecule has 1 aliphatic heterocycles. The number of nitriles is 1. The first-order chi connectivity index (χ1) is 16.5. The average molecular weight is 455 g/mol. The van der Waals surface area contributed by atoms with Gasteiger partial charge < -0.3 is 9.89 Å². The van der Waals surface area contributed by atoms with E-state index in [-0.39, 0.29) is 5.91 Å². The molecule has 0 unspecified atom stereocenters. The number of nitrogens with zero attached hydrogens (tertiary/aromatic N) is 5. The van der Waals surface area contributed by atoms with E-state index in [1.54, 1.807) is 7.05 Å². The molecule has 7 nitrogen and oxygen atoms in total. The third-order valence-corrected chi connectivity index (χ3v) is 6.56. The molecule has 2 aromatic carbocycles. The monoisotopic (exact) mass is 454 g/mol. The predicted octanol–water partition coefficient (Wildman–Crippen LogP) is 4.61. The van der Waals surface area contributed by atoms with Crippen LogP contribution in [0.5, 0.6) is 0 Å². The number of benzene rings is 2. The molecule has 3 aromatic rings. The number of rotatable bonds is 6. The Labute approximate surface area is 200 Å². The summed E-state index contributed by atoms with van der Waals surface area (Å²) < 4.78 is 0. The number of aliphatic imine (C=N–C) groups is 1. The summed E-state index contributed by atoms with van der Waals surface area (Å²) in [6.45, 7) is 5.45. The summed E-state index contributed by atoms with van der Waals surface area (Å²) in [5, 5.41) is 16.4. The van der Waals surface area contributed by atoms with Crippen molar-refractivity contribution in [3.05, 3.63) is 70.0 Å². The van der Waals surface area contributed by atoms with Gasteiger partial charge in [0.15, 0.2) is 5.82 Å². The Kier molecular flexibility index (Phi) is 7.17. The van der Waals surface area contributed by atoms with Gasteiger partial charge in [-0.05, 0) is 80.1 Å². The van der Waals surface area contributed by atoms with Gasteiger partial charge in [0.05, 0.1) is 11.6 Å². The van der Waals surface area contributed by atoms with Crippen molar-refractivity contribution in [3.63, 3.8) is 0 Å². The largest absolute Gasteiger partial charge is 0.339 e. The standard InChI is InChI=1S/C27H30N6O/c1-18-15-19(2)24(16-23(18)26-30-25(31-32-26)5-4-12-29-3)27(34)33-13-10-22(11-14-33)21-8-6-20(17-28)7-9-21/h6-9,12,15-16,22H,4-5,10-11,13-14H2,1-3H3,(H,30,31,32). The molecule has 1 N–H and O–H groups in total. The quantitative estimate of drug-likeness (QED) is 0.550. The number of piperidine rings is 1. The molecule has 34 heavy (non-hydrogen) atoms. The second kappa shape index (κ2) is 10.4. The minimum atomic E-state index is 0.0620. The number of aromatic nitrogens is 3. The topological polar surface area (TPSA) is 98.0 Å². The van der Waals surface area contributed by atoms with Crippen LogP contribution in [0.2, 0.25) is 0 Å². The minimum Gasteiger partial charge on any atom is -0.339 e. The first-order valence-corrected chi connectivity index (χ1v) is 11.7. The number of carbonyl (C=O) groups is 1. The molecule has 0 radical (unpaired) electrons. The van der Waals surface area contributed by atoms with Crippen molar-refractivity contribution in [2.75, 3.05) is 20.1 Å². The predicted molar refractivity (Wildman–Crippen MR) is 133 cm³/mol. The first kappa shape index (κ1) is 23.4. The van der Waals surface area contributed by atoms with Crippen molar-refractivity contribution in [2.24, 2.45) is 4.99 Å². The number of likely N-dealkylation sites (tertiary alicyclic amines) is 1. The molecule has 174 valence electrons. The van der Waals surface area contributed by atoms with Crippen molar-refractivity contribution in [2.45, 2.75) is 45.4 Å². The number of amides is 1. The van der Waals surface area contributed by atoms with Gasteiger partial charge in [0.2, 0.25) is 0 Å². The molecule has 0 atom stereocenters. The molecule has 0 bridgehead atoms. The fourth-order valence-electron chi connectivity index (χ4n) is 4.60. The number of aryl methyl sites for hydroxylation is 3. The van der Waals surface area contributed by atoms with Gasteiger partial charge in [-0.25, -0.2) is 4.98 Å². The van der Waals surface area contributed by atoms with E-state index >= 15 is 0 Å². The molecule has 0 spiro atoms. The fourth-order valence-corrected chi connectivity index (χ4v) is 4.60. The third-order valence-electron chi connectivity index (χ3n) is 6.56. The molecule has 4 rings (SSSR count). The van der Waals surface area contributed by atoms with Gasteiger partial charge in [-0.1, -0.05) is 18.2 Å². The highest BCUT2D eigenvalue weighted by Crippen LogP contribution is 2.30. The van der Waals surface area contributed by atoms with Crippen LogP contribution in [-0.4, -0.2) is 52.3 Å². The first-order valence-electron chi connectivity index (χ1n) is 11.7. The van der Waals surface area contributed by atoms with E-state index in [2.05, 4.69) is 26.2 Å². The normalized spacial score (nSPS) is 14.5. The van der Waals surface area contributed by atoms with E-state index in [1.807, 2.05) is 61.4 Å². The van der Waals surface area contributed by atoms with Crippen LogP contribution in [0.4, 0.5) is 0 Å². The van der Waals surface area contributed by atoms with E-state index < -0.39 is 0 Å². The Morgan fingerprint density at radius 2 is 1.94 bits per heavy atom. The molecular weight excluding hydrogens is 424 g/mol. The number of H-pyrrole nitrogens is 1. The average Bonchev–Trinajstić information content (AvgIpc) is 3.33. The highest BCUT2D eigenvalue weighted by atomic mass is 16.2. The Balaban J connectivity index is 1.47. The van der Waals surface area contributed by atoms with Crippen molar-refractivity contribution < 1.29 is 4.79 Å². The van der Waals surface area contributed by atoms with Gasteiger partial charge in [-0.3, -0.25) is 9.89 Å². The summed E-state index contributed by atoms with van der Waals surface area (Å²) in [5.74, 6) is 1.91. The van der Waals surface area contributed by atoms with Gasteiger partial charge in [-0.15, -0.1) is 0 Å². The number of aromatic amines is 1. The number of carbonyl (C=O) groups excluding carboxylic acids is 1. The van der Waals surface area contributed by atoms with Crippen molar-refractivity contribution >= 4 is 12.1 Å². The summed E-state index contributed by atoms with van der Waals surface area (Å²) in [6, 6.07) is 14.0. The zero-order valence-corrected chi connectivity index (χ0v) is 20.0. The minimum absolute atomic E-state index is 0.0620. The highest BCUT2D eigenvalue weighted by molar-refractivity contribution is 5.97. The Bertz CT molecular complexity index is 1230. The lowest BCUT2D eigenvalue weighted by molar-refractivity contribution is 0.0712. The summed E-state index contributed by atoms with van der Waals surface area (Å²) in [4.78, 5) is 24.0. The van der Waals surface area contributed by atoms with Crippen LogP contribution >= 0.6 is 0 Å².